The van der Waals surface area contributed by atoms with Crippen molar-refractivity contribution >= 4 is 31.1 Å². The van der Waals surface area contributed by atoms with Gasteiger partial charge in [0.2, 0.25) is 0 Å². The van der Waals surface area contributed by atoms with Gasteiger partial charge in [-0.3, -0.25) is 9.36 Å². The van der Waals surface area contributed by atoms with Crippen LogP contribution >= 0.6 is 19.2 Å². The zero-order chi connectivity index (χ0) is 19.0. The van der Waals surface area contributed by atoms with Crippen LogP contribution in [0.4, 0.5) is 4.79 Å². The number of Topliss-reactive ketones (excluding diaryl/α,β-unsaturated/α-hetero) is 1. The largest absolute Gasteiger partial charge is 0.444 e. The molecule has 1 N–H and O–H groups in total. The Morgan fingerprint density at radius 1 is 1.17 bits per heavy atom. The highest BCUT2D eigenvalue weighted by atomic mass is 35.5. The Morgan fingerprint density at radius 2 is 1.67 bits per heavy atom. The highest BCUT2D eigenvalue weighted by Crippen LogP contribution is 2.54. The number of hydrogen-bond donors (Lipinski definition) is 1. The minimum absolute atomic E-state index is 0.0928. The van der Waals surface area contributed by atoms with Gasteiger partial charge in [0.1, 0.15) is 11.6 Å². The Balaban J connectivity index is 4.85. The van der Waals surface area contributed by atoms with E-state index < -0.39 is 31.0 Å². The summed E-state index contributed by atoms with van der Waals surface area (Å²) in [6.07, 6.45) is -0.822. The van der Waals surface area contributed by atoms with E-state index in [1.807, 2.05) is 0 Å². The molecule has 2 atom stereocenters. The number of ketones is 1. The van der Waals surface area contributed by atoms with Gasteiger partial charge in [-0.1, -0.05) is 6.92 Å². The van der Waals surface area contributed by atoms with Crippen LogP contribution in [0.25, 0.3) is 0 Å². The molecule has 0 aliphatic rings. The quantitative estimate of drug-likeness (QED) is 0.455. The second-order valence-corrected chi connectivity index (χ2v) is 9.03. The summed E-state index contributed by atoms with van der Waals surface area (Å²) in [7, 11) is -3.39. The third-order valence-corrected chi connectivity index (χ3v) is 5.70. The highest BCUT2D eigenvalue weighted by Gasteiger charge is 2.35. The summed E-state index contributed by atoms with van der Waals surface area (Å²) in [6, 6.07) is -0.930. The van der Waals surface area contributed by atoms with E-state index in [0.717, 1.165) is 0 Å². The highest BCUT2D eigenvalue weighted by molar-refractivity contribution is 7.54. The first-order valence-corrected chi connectivity index (χ1v) is 10.1. The van der Waals surface area contributed by atoms with Gasteiger partial charge in [-0.25, -0.2) is 4.79 Å². The molecule has 0 saturated heterocycles. The molecule has 0 rings (SSSR count). The van der Waals surface area contributed by atoms with Crippen LogP contribution in [-0.2, 0) is 23.1 Å². The number of alkyl halides is 1. The summed E-state index contributed by atoms with van der Waals surface area (Å²) in [5.41, 5.74) is -1.33. The maximum absolute atomic E-state index is 12.6. The molecule has 24 heavy (non-hydrogen) atoms. The lowest BCUT2D eigenvalue weighted by atomic mass is 10.1. The van der Waals surface area contributed by atoms with Crippen LogP contribution in [0.3, 0.4) is 0 Å². The van der Waals surface area contributed by atoms with Gasteiger partial charge in [0.05, 0.1) is 18.9 Å². The van der Waals surface area contributed by atoms with Gasteiger partial charge in [0.15, 0.2) is 5.78 Å². The number of alkyl carbamates (subject to hydrolysis) is 1. The van der Waals surface area contributed by atoms with Crippen molar-refractivity contribution in [3.63, 3.8) is 0 Å². The van der Waals surface area contributed by atoms with Crippen LogP contribution in [-0.4, -0.2) is 48.3 Å². The van der Waals surface area contributed by atoms with Gasteiger partial charge >= 0.3 is 13.7 Å². The Labute approximate surface area is 149 Å². The topological polar surface area (TPSA) is 90.9 Å². The first kappa shape index (κ1) is 23.4. The van der Waals surface area contributed by atoms with Crippen molar-refractivity contribution in [1.29, 1.82) is 0 Å². The number of halogens is 1. The number of rotatable bonds is 10. The Bertz CT molecular complexity index is 455. The molecule has 1 amide bonds. The molecular weight excluding hydrogens is 357 g/mol. The van der Waals surface area contributed by atoms with Crippen LogP contribution in [0.2, 0.25) is 0 Å². The van der Waals surface area contributed by atoms with Crippen LogP contribution in [0, 0.1) is 0 Å². The molecule has 9 heteroatoms. The lowest BCUT2D eigenvalue weighted by Crippen LogP contribution is -2.45. The van der Waals surface area contributed by atoms with Gasteiger partial charge in [0, 0.05) is 12.3 Å². The van der Waals surface area contributed by atoms with Crippen molar-refractivity contribution in [2.45, 2.75) is 65.3 Å². The van der Waals surface area contributed by atoms with Crippen molar-refractivity contribution < 1.29 is 27.9 Å². The van der Waals surface area contributed by atoms with Gasteiger partial charge in [-0.05, 0) is 34.6 Å². The van der Waals surface area contributed by atoms with Crippen molar-refractivity contribution in [3.05, 3.63) is 0 Å². The monoisotopic (exact) mass is 385 g/mol. The number of nitrogens with one attached hydrogen (secondary N) is 1. The predicted molar refractivity (Wildman–Crippen MR) is 93.8 cm³/mol. The molecule has 0 fully saturated rings. The molecule has 7 nitrogen and oxygen atoms in total. The summed E-state index contributed by atoms with van der Waals surface area (Å²) in [4.78, 5) is 24.1. The number of amides is 1. The molecule has 0 aromatic carbocycles. The van der Waals surface area contributed by atoms with Crippen molar-refractivity contribution in [1.82, 2.24) is 5.32 Å². The molecule has 0 aromatic rings. The van der Waals surface area contributed by atoms with Gasteiger partial charge < -0.3 is 19.1 Å². The Hall–Kier alpha value is -0.620. The van der Waals surface area contributed by atoms with Gasteiger partial charge in [0.25, 0.3) is 0 Å². The summed E-state index contributed by atoms with van der Waals surface area (Å²) >= 11 is 5.78. The average molecular weight is 386 g/mol. The van der Waals surface area contributed by atoms with Crippen LogP contribution in [0.15, 0.2) is 0 Å². The Morgan fingerprint density at radius 3 is 2.04 bits per heavy atom. The zero-order valence-corrected chi connectivity index (χ0v) is 16.9. The minimum atomic E-state index is -3.39. The summed E-state index contributed by atoms with van der Waals surface area (Å²) < 4.78 is 28.2. The van der Waals surface area contributed by atoms with E-state index in [0.29, 0.717) is 0 Å². The molecule has 0 heterocycles. The van der Waals surface area contributed by atoms with Gasteiger partial charge in [-0.15, -0.1) is 11.6 Å². The maximum atomic E-state index is 12.6. The molecule has 0 radical (unpaired) electrons. The lowest BCUT2D eigenvalue weighted by Gasteiger charge is -2.25. The number of carbonyl (C=O) groups excluding carboxylic acids is 2. The molecule has 0 aliphatic heterocycles. The average Bonchev–Trinajstić information content (AvgIpc) is 2.43. The molecule has 0 bridgehead atoms. The van der Waals surface area contributed by atoms with E-state index in [1.165, 1.54) is 0 Å². The second-order valence-electron chi connectivity index (χ2n) is 6.25. The standard InChI is InChI=1S/C15H29ClNO6P/c1-7-21-24(20,22-8-2)11(3)9-13(18)12(10-16)17-14(19)23-15(4,5)6/h11-12H,7-10H2,1-6H3,(H,17,19)/t11?,12-/m0/s1. The minimum Gasteiger partial charge on any atom is -0.444 e. The number of hydrogen-bond acceptors (Lipinski definition) is 6. The molecule has 0 aromatic heterocycles. The molecule has 1 unspecified atom stereocenters. The van der Waals surface area contributed by atoms with Crippen LogP contribution in [0.1, 0.15) is 48.0 Å². The summed E-state index contributed by atoms with van der Waals surface area (Å²) in [6.45, 7) is 10.6. The first-order chi connectivity index (χ1) is 11.0. The first-order valence-electron chi connectivity index (χ1n) is 7.96. The SMILES string of the molecule is CCOP(=O)(OCC)C(C)CC(=O)[C@H](CCl)NC(=O)OC(C)(C)C. The summed E-state index contributed by atoms with van der Waals surface area (Å²) in [5.74, 6) is -0.471. The normalized spacial score (nSPS) is 14.8. The Kier molecular flexibility index (Phi) is 10.1. The fourth-order valence-corrected chi connectivity index (χ4v) is 3.81. The predicted octanol–water partition coefficient (Wildman–Crippen LogP) is 3.73. The third kappa shape index (κ3) is 8.47. The smallest absolute Gasteiger partial charge is 0.408 e. The molecular formula is C15H29ClNO6P. The van der Waals surface area contributed by atoms with E-state index in [9.17, 15) is 14.2 Å². The number of ether oxygens (including phenoxy) is 1. The van der Waals surface area contributed by atoms with Gasteiger partial charge in [-0.2, -0.15) is 0 Å². The molecule has 0 aliphatic carbocycles. The van der Waals surface area contributed by atoms with Crippen molar-refractivity contribution in [2.75, 3.05) is 19.1 Å². The number of carbonyl (C=O) groups is 2. The second kappa shape index (κ2) is 10.4. The fourth-order valence-electron chi connectivity index (χ4n) is 1.85. The van der Waals surface area contributed by atoms with Crippen LogP contribution in [0.5, 0.6) is 0 Å². The van der Waals surface area contributed by atoms with Crippen molar-refractivity contribution in [3.8, 4) is 0 Å². The van der Waals surface area contributed by atoms with E-state index in [-0.39, 0.29) is 31.3 Å². The van der Waals surface area contributed by atoms with E-state index in [4.69, 9.17) is 25.4 Å². The summed E-state index contributed by atoms with van der Waals surface area (Å²) in [5, 5.41) is 2.43. The van der Waals surface area contributed by atoms with E-state index in [2.05, 4.69) is 5.32 Å². The van der Waals surface area contributed by atoms with Crippen molar-refractivity contribution in [2.24, 2.45) is 0 Å². The fraction of sp³-hybridized carbons (Fsp3) is 0.867. The van der Waals surface area contributed by atoms with Crippen LogP contribution < -0.4 is 5.32 Å². The lowest BCUT2D eigenvalue weighted by molar-refractivity contribution is -0.120. The van der Waals surface area contributed by atoms with E-state index >= 15 is 0 Å². The maximum Gasteiger partial charge on any atom is 0.408 e. The third-order valence-electron chi connectivity index (χ3n) is 2.89. The molecule has 0 saturated carbocycles. The molecule has 142 valence electrons. The molecule has 0 spiro atoms. The zero-order valence-electron chi connectivity index (χ0n) is 15.3. The van der Waals surface area contributed by atoms with E-state index in [1.54, 1.807) is 41.5 Å².